The molecule has 1 aromatic carbocycles. The van der Waals surface area contributed by atoms with Gasteiger partial charge in [-0.2, -0.15) is 13.2 Å². The average Bonchev–Trinajstić information content (AvgIpc) is 2.63. The van der Waals surface area contributed by atoms with Gasteiger partial charge in [0.1, 0.15) is 17.5 Å². The molecule has 3 aromatic rings. The van der Waals surface area contributed by atoms with Gasteiger partial charge >= 0.3 is 6.18 Å². The highest BCUT2D eigenvalue weighted by molar-refractivity contribution is 5.97. The zero-order chi connectivity index (χ0) is 19.0. The monoisotopic (exact) mass is 374 g/mol. The van der Waals surface area contributed by atoms with Gasteiger partial charge in [-0.3, -0.25) is 19.7 Å². The smallest absolute Gasteiger partial charge is 0.433 e. The largest absolute Gasteiger partial charge is 0.487 e. The molecule has 6 nitrogen and oxygen atoms in total. The number of aromatic nitrogens is 3. The number of fused-ring (bicyclic) bond motifs is 1. The molecule has 0 N–H and O–H groups in total. The molecule has 1 amide bonds. The Balaban J connectivity index is 1.39. The fraction of sp³-hybridized carbons (Fsp3) is 0.222. The molecule has 0 radical (unpaired) electrons. The van der Waals surface area contributed by atoms with Crippen LogP contribution in [0.25, 0.3) is 11.0 Å². The van der Waals surface area contributed by atoms with E-state index in [1.165, 1.54) is 6.07 Å². The van der Waals surface area contributed by atoms with Crippen molar-refractivity contribution in [3.8, 4) is 5.75 Å². The fourth-order valence-corrected chi connectivity index (χ4v) is 2.79. The number of rotatable bonds is 3. The van der Waals surface area contributed by atoms with E-state index < -0.39 is 11.9 Å². The minimum absolute atomic E-state index is 0.0791. The standard InChI is InChI=1S/C18H13F3N4O2/c19-18(20,21)16-8-12(3-4-24-16)27-13-9-25(10-13)17(26)11-1-2-14-15(7-11)23-6-5-22-14/h1-8,13H,9-10H2. The number of carbonyl (C=O) groups excluding carboxylic acids is 1. The van der Waals surface area contributed by atoms with Crippen LogP contribution in [0.1, 0.15) is 16.1 Å². The summed E-state index contributed by atoms with van der Waals surface area (Å²) in [6.45, 7) is 0.585. The number of alkyl halides is 3. The number of nitrogens with zero attached hydrogens (tertiary/aromatic N) is 4. The lowest BCUT2D eigenvalue weighted by Crippen LogP contribution is -2.56. The molecular formula is C18H13F3N4O2. The summed E-state index contributed by atoms with van der Waals surface area (Å²) >= 11 is 0. The molecule has 0 spiro atoms. The molecule has 0 unspecified atom stereocenters. The van der Waals surface area contributed by atoms with Crippen LogP contribution in [0.2, 0.25) is 0 Å². The van der Waals surface area contributed by atoms with Gasteiger partial charge in [-0.05, 0) is 24.3 Å². The van der Waals surface area contributed by atoms with E-state index in [1.54, 1.807) is 35.5 Å². The van der Waals surface area contributed by atoms with Crippen molar-refractivity contribution in [1.82, 2.24) is 19.9 Å². The minimum Gasteiger partial charge on any atom is -0.487 e. The predicted molar refractivity (Wildman–Crippen MR) is 89.1 cm³/mol. The molecule has 138 valence electrons. The van der Waals surface area contributed by atoms with Crippen molar-refractivity contribution >= 4 is 16.9 Å². The van der Waals surface area contributed by atoms with Crippen LogP contribution < -0.4 is 4.74 Å². The number of hydrogen-bond acceptors (Lipinski definition) is 5. The Morgan fingerprint density at radius 3 is 2.48 bits per heavy atom. The summed E-state index contributed by atoms with van der Waals surface area (Å²) in [5, 5.41) is 0. The molecule has 3 heterocycles. The minimum atomic E-state index is -4.53. The third-order valence-electron chi connectivity index (χ3n) is 4.18. The molecule has 1 saturated heterocycles. The second-order valence-electron chi connectivity index (χ2n) is 6.08. The highest BCUT2D eigenvalue weighted by Crippen LogP contribution is 2.30. The Morgan fingerprint density at radius 1 is 1.00 bits per heavy atom. The summed E-state index contributed by atoms with van der Waals surface area (Å²) in [5.41, 5.74) is 0.777. The Kier molecular flexibility index (Phi) is 4.14. The number of likely N-dealkylation sites (tertiary alicyclic amines) is 1. The zero-order valence-corrected chi connectivity index (χ0v) is 13.8. The maximum atomic E-state index is 12.7. The summed E-state index contributed by atoms with van der Waals surface area (Å²) in [6.07, 6.45) is -0.716. The van der Waals surface area contributed by atoms with Crippen LogP contribution >= 0.6 is 0 Å². The van der Waals surface area contributed by atoms with Gasteiger partial charge in [-0.15, -0.1) is 0 Å². The van der Waals surface area contributed by atoms with Crippen LogP contribution in [-0.2, 0) is 6.18 Å². The Hall–Kier alpha value is -3.23. The lowest BCUT2D eigenvalue weighted by atomic mass is 10.1. The van der Waals surface area contributed by atoms with Gasteiger partial charge in [0.15, 0.2) is 0 Å². The zero-order valence-electron chi connectivity index (χ0n) is 13.8. The molecular weight excluding hydrogens is 361 g/mol. The van der Waals surface area contributed by atoms with E-state index in [-0.39, 0.29) is 17.8 Å². The second kappa shape index (κ2) is 6.49. The van der Waals surface area contributed by atoms with Crippen molar-refractivity contribution in [1.29, 1.82) is 0 Å². The first-order chi connectivity index (χ1) is 12.9. The lowest BCUT2D eigenvalue weighted by Gasteiger charge is -2.39. The molecule has 0 atom stereocenters. The van der Waals surface area contributed by atoms with E-state index in [1.807, 2.05) is 0 Å². The first kappa shape index (κ1) is 17.2. The van der Waals surface area contributed by atoms with Crippen LogP contribution in [0.3, 0.4) is 0 Å². The maximum Gasteiger partial charge on any atom is 0.433 e. The van der Waals surface area contributed by atoms with Crippen molar-refractivity contribution in [2.75, 3.05) is 13.1 Å². The summed E-state index contributed by atoms with van der Waals surface area (Å²) in [6, 6.07) is 7.27. The number of amides is 1. The normalized spacial score (nSPS) is 14.9. The topological polar surface area (TPSA) is 68.2 Å². The molecule has 1 aliphatic heterocycles. The van der Waals surface area contributed by atoms with E-state index in [2.05, 4.69) is 15.0 Å². The predicted octanol–water partition coefficient (Wildman–Crippen LogP) is 2.95. The van der Waals surface area contributed by atoms with Crippen LogP contribution in [-0.4, -0.2) is 45.0 Å². The number of benzene rings is 1. The lowest BCUT2D eigenvalue weighted by molar-refractivity contribution is -0.141. The SMILES string of the molecule is O=C(c1ccc2nccnc2c1)N1CC(Oc2ccnc(C(F)(F)F)c2)C1. The quantitative estimate of drug-likeness (QED) is 0.705. The fourth-order valence-electron chi connectivity index (χ4n) is 2.79. The van der Waals surface area contributed by atoms with Gasteiger partial charge in [0.25, 0.3) is 5.91 Å². The molecule has 0 aliphatic carbocycles. The number of carbonyl (C=O) groups is 1. The van der Waals surface area contributed by atoms with E-state index in [0.717, 1.165) is 12.3 Å². The van der Waals surface area contributed by atoms with Gasteiger partial charge in [-0.25, -0.2) is 0 Å². The molecule has 27 heavy (non-hydrogen) atoms. The first-order valence-corrected chi connectivity index (χ1v) is 8.10. The van der Waals surface area contributed by atoms with E-state index in [4.69, 9.17) is 4.74 Å². The van der Waals surface area contributed by atoms with E-state index in [0.29, 0.717) is 29.7 Å². The van der Waals surface area contributed by atoms with Crippen molar-refractivity contribution in [3.63, 3.8) is 0 Å². The van der Waals surface area contributed by atoms with Crippen molar-refractivity contribution in [2.45, 2.75) is 12.3 Å². The van der Waals surface area contributed by atoms with Crippen LogP contribution in [0.4, 0.5) is 13.2 Å². The van der Waals surface area contributed by atoms with Crippen LogP contribution in [0, 0.1) is 0 Å². The number of ether oxygens (including phenoxy) is 1. The highest BCUT2D eigenvalue weighted by Gasteiger charge is 2.35. The second-order valence-corrected chi connectivity index (χ2v) is 6.08. The van der Waals surface area contributed by atoms with Gasteiger partial charge in [0.05, 0.1) is 24.1 Å². The molecule has 1 fully saturated rings. The Morgan fingerprint density at radius 2 is 1.74 bits per heavy atom. The van der Waals surface area contributed by atoms with Crippen molar-refractivity contribution < 1.29 is 22.7 Å². The molecule has 1 aliphatic rings. The van der Waals surface area contributed by atoms with E-state index >= 15 is 0 Å². The summed E-state index contributed by atoms with van der Waals surface area (Å²) in [7, 11) is 0. The molecule has 4 rings (SSSR count). The molecule has 2 aromatic heterocycles. The summed E-state index contributed by atoms with van der Waals surface area (Å²) in [4.78, 5) is 25.7. The Bertz CT molecular complexity index is 1000. The summed E-state index contributed by atoms with van der Waals surface area (Å²) in [5.74, 6) is -0.108. The van der Waals surface area contributed by atoms with Gasteiger partial charge < -0.3 is 9.64 Å². The summed E-state index contributed by atoms with van der Waals surface area (Å²) < 4.78 is 43.6. The van der Waals surface area contributed by atoms with Crippen molar-refractivity contribution in [3.05, 3.63) is 60.2 Å². The Labute approximate surface area is 151 Å². The van der Waals surface area contributed by atoms with Gasteiger partial charge in [-0.1, -0.05) is 0 Å². The van der Waals surface area contributed by atoms with Crippen molar-refractivity contribution in [2.24, 2.45) is 0 Å². The number of pyridine rings is 1. The van der Waals surface area contributed by atoms with Gasteiger partial charge in [0, 0.05) is 30.2 Å². The molecule has 0 bridgehead atoms. The average molecular weight is 374 g/mol. The maximum absolute atomic E-state index is 12.7. The molecule has 9 heteroatoms. The highest BCUT2D eigenvalue weighted by atomic mass is 19.4. The van der Waals surface area contributed by atoms with Gasteiger partial charge in [0.2, 0.25) is 0 Å². The molecule has 0 saturated carbocycles. The third-order valence-corrected chi connectivity index (χ3v) is 4.18. The first-order valence-electron chi connectivity index (χ1n) is 8.10. The van der Waals surface area contributed by atoms with Crippen LogP contribution in [0.15, 0.2) is 48.9 Å². The third kappa shape index (κ3) is 3.53. The number of halogens is 3. The van der Waals surface area contributed by atoms with Crippen LogP contribution in [0.5, 0.6) is 5.75 Å². The number of hydrogen-bond donors (Lipinski definition) is 0. The van der Waals surface area contributed by atoms with E-state index in [9.17, 15) is 18.0 Å².